The van der Waals surface area contributed by atoms with Crippen LogP contribution < -0.4 is 0 Å². The lowest BCUT2D eigenvalue weighted by molar-refractivity contribution is 0.0593. The number of hydrogen-bond donors (Lipinski definition) is 1. The molecule has 1 rings (SSSR count). The van der Waals surface area contributed by atoms with Gasteiger partial charge >= 0.3 is 5.97 Å². The van der Waals surface area contributed by atoms with Gasteiger partial charge in [0.15, 0.2) is 5.69 Å². The number of nitrogens with zero attached hydrogens (tertiary/aromatic N) is 1. The average molecular weight is 233 g/mol. The summed E-state index contributed by atoms with van der Waals surface area (Å²) in [7, 11) is 1.33. The zero-order valence-corrected chi connectivity index (χ0v) is 8.43. The van der Waals surface area contributed by atoms with E-state index in [1.807, 2.05) is 6.92 Å². The summed E-state index contributed by atoms with van der Waals surface area (Å²) in [6.07, 6.45) is 0.760. The third kappa shape index (κ3) is 1.66. The molecule has 1 heterocycles. The molecule has 0 bridgehead atoms. The molecule has 0 unspecified atom stereocenters. The molecule has 0 aliphatic carbocycles. The number of aromatic amines is 1. The molecule has 0 aromatic carbocycles. The molecule has 5 heteroatoms. The Kier molecular flexibility index (Phi) is 2.86. The van der Waals surface area contributed by atoms with Gasteiger partial charge in [0.25, 0.3) is 0 Å². The van der Waals surface area contributed by atoms with Gasteiger partial charge in [-0.15, -0.1) is 0 Å². The molecular formula is C7H9BrN2O2. The smallest absolute Gasteiger partial charge is 0.359 e. The van der Waals surface area contributed by atoms with E-state index < -0.39 is 5.97 Å². The van der Waals surface area contributed by atoms with Crippen molar-refractivity contribution in [2.24, 2.45) is 0 Å². The number of aryl methyl sites for hydroxylation is 1. The number of carbonyl (C=O) groups is 1. The predicted molar refractivity (Wildman–Crippen MR) is 47.0 cm³/mol. The normalized spacial score (nSPS) is 9.92. The lowest BCUT2D eigenvalue weighted by atomic mass is 10.5. The van der Waals surface area contributed by atoms with E-state index >= 15 is 0 Å². The molecule has 12 heavy (non-hydrogen) atoms. The Morgan fingerprint density at radius 3 is 2.83 bits per heavy atom. The lowest BCUT2D eigenvalue weighted by Crippen LogP contribution is -2.02. The van der Waals surface area contributed by atoms with Crippen LogP contribution in [0.3, 0.4) is 0 Å². The first-order chi connectivity index (χ1) is 5.69. The van der Waals surface area contributed by atoms with Gasteiger partial charge in [-0.25, -0.2) is 9.78 Å². The van der Waals surface area contributed by atoms with Gasteiger partial charge in [-0.3, -0.25) is 0 Å². The zero-order valence-electron chi connectivity index (χ0n) is 6.85. The molecule has 0 radical (unpaired) electrons. The molecular weight excluding hydrogens is 224 g/mol. The maximum absolute atomic E-state index is 11.0. The summed E-state index contributed by atoms with van der Waals surface area (Å²) in [5.41, 5.74) is 0.300. The van der Waals surface area contributed by atoms with Gasteiger partial charge in [0.1, 0.15) is 10.4 Å². The Balaban J connectivity index is 2.99. The lowest BCUT2D eigenvalue weighted by Gasteiger charge is -1.92. The summed E-state index contributed by atoms with van der Waals surface area (Å²) < 4.78 is 5.10. The second-order valence-corrected chi connectivity index (χ2v) is 2.98. The van der Waals surface area contributed by atoms with E-state index in [9.17, 15) is 4.79 Å². The Morgan fingerprint density at radius 1 is 1.75 bits per heavy atom. The molecule has 1 aromatic heterocycles. The number of aromatic nitrogens is 2. The molecule has 0 saturated carbocycles. The molecule has 0 saturated heterocycles. The van der Waals surface area contributed by atoms with Crippen molar-refractivity contribution in [3.8, 4) is 0 Å². The van der Waals surface area contributed by atoms with Crippen LogP contribution in [0.25, 0.3) is 0 Å². The van der Waals surface area contributed by atoms with Gasteiger partial charge in [-0.2, -0.15) is 0 Å². The third-order valence-electron chi connectivity index (χ3n) is 1.42. The third-order valence-corrected chi connectivity index (χ3v) is 2.00. The van der Waals surface area contributed by atoms with E-state index in [-0.39, 0.29) is 0 Å². The van der Waals surface area contributed by atoms with Crippen molar-refractivity contribution < 1.29 is 9.53 Å². The second-order valence-electron chi connectivity index (χ2n) is 2.19. The molecule has 66 valence electrons. The molecule has 4 nitrogen and oxygen atoms in total. The number of carbonyl (C=O) groups excluding carboxylic acids is 1. The van der Waals surface area contributed by atoms with E-state index in [0.717, 1.165) is 12.2 Å². The first-order valence-electron chi connectivity index (χ1n) is 3.51. The standard InChI is InChI=1S/C7H9BrN2O2/c1-3-4-9-5(6(8)10-4)7(11)12-2/h3H2,1-2H3,(H,9,10). The van der Waals surface area contributed by atoms with E-state index in [2.05, 4.69) is 30.6 Å². The quantitative estimate of drug-likeness (QED) is 0.788. The van der Waals surface area contributed by atoms with Crippen molar-refractivity contribution in [2.75, 3.05) is 7.11 Å². The highest BCUT2D eigenvalue weighted by atomic mass is 79.9. The van der Waals surface area contributed by atoms with E-state index in [1.165, 1.54) is 7.11 Å². The van der Waals surface area contributed by atoms with Crippen LogP contribution in [0.1, 0.15) is 23.2 Å². The number of nitrogens with one attached hydrogen (secondary N) is 1. The Hall–Kier alpha value is -0.840. The number of rotatable bonds is 2. The van der Waals surface area contributed by atoms with Crippen LogP contribution in [-0.2, 0) is 11.2 Å². The van der Waals surface area contributed by atoms with Crippen molar-refractivity contribution in [1.82, 2.24) is 9.97 Å². The summed E-state index contributed by atoms with van der Waals surface area (Å²) in [6.45, 7) is 1.95. The van der Waals surface area contributed by atoms with Gasteiger partial charge < -0.3 is 9.72 Å². The fourth-order valence-electron chi connectivity index (χ4n) is 0.797. The zero-order chi connectivity index (χ0) is 9.14. The number of hydrogen-bond acceptors (Lipinski definition) is 3. The van der Waals surface area contributed by atoms with Crippen LogP contribution in [0, 0.1) is 0 Å². The van der Waals surface area contributed by atoms with E-state index in [1.54, 1.807) is 0 Å². The Labute approximate surface area is 78.5 Å². The SMILES string of the molecule is CCc1nc(C(=O)OC)c(Br)[nH]1. The Bertz CT molecular complexity index is 296. The first kappa shape index (κ1) is 9.25. The summed E-state index contributed by atoms with van der Waals surface area (Å²) in [5, 5.41) is 0. The predicted octanol–water partition coefficient (Wildman–Crippen LogP) is 1.52. The summed E-state index contributed by atoms with van der Waals surface area (Å²) >= 11 is 3.18. The fraction of sp³-hybridized carbons (Fsp3) is 0.429. The summed E-state index contributed by atoms with van der Waals surface area (Å²) in [6, 6.07) is 0. The number of ether oxygens (including phenoxy) is 1. The van der Waals surface area contributed by atoms with Gasteiger partial charge in [0.05, 0.1) is 7.11 Å². The van der Waals surface area contributed by atoms with Crippen LogP contribution in [0.5, 0.6) is 0 Å². The minimum Gasteiger partial charge on any atom is -0.464 e. The molecule has 0 amide bonds. The van der Waals surface area contributed by atoms with Gasteiger partial charge in [-0.05, 0) is 15.9 Å². The fourth-order valence-corrected chi connectivity index (χ4v) is 1.28. The highest BCUT2D eigenvalue weighted by Crippen LogP contribution is 2.14. The number of esters is 1. The van der Waals surface area contributed by atoms with Crippen molar-refractivity contribution in [2.45, 2.75) is 13.3 Å². The van der Waals surface area contributed by atoms with Crippen molar-refractivity contribution in [3.63, 3.8) is 0 Å². The first-order valence-corrected chi connectivity index (χ1v) is 4.31. The monoisotopic (exact) mass is 232 g/mol. The minimum atomic E-state index is -0.433. The number of halogens is 1. The van der Waals surface area contributed by atoms with Crippen LogP contribution >= 0.6 is 15.9 Å². The van der Waals surface area contributed by atoms with Crippen molar-refractivity contribution in [3.05, 3.63) is 16.1 Å². The maximum atomic E-state index is 11.0. The van der Waals surface area contributed by atoms with Crippen molar-refractivity contribution >= 4 is 21.9 Å². The molecule has 0 fully saturated rings. The van der Waals surface area contributed by atoms with E-state index in [0.29, 0.717) is 10.3 Å². The topological polar surface area (TPSA) is 55.0 Å². The summed E-state index contributed by atoms with van der Waals surface area (Å²) in [5.74, 6) is 0.333. The Morgan fingerprint density at radius 2 is 2.42 bits per heavy atom. The highest BCUT2D eigenvalue weighted by Gasteiger charge is 2.14. The van der Waals surface area contributed by atoms with E-state index in [4.69, 9.17) is 0 Å². The summed E-state index contributed by atoms with van der Waals surface area (Å²) in [4.78, 5) is 18.0. The number of methoxy groups -OCH3 is 1. The molecule has 0 atom stereocenters. The molecule has 0 aliphatic heterocycles. The number of imidazole rings is 1. The van der Waals surface area contributed by atoms with Gasteiger partial charge in [0.2, 0.25) is 0 Å². The molecule has 0 spiro atoms. The maximum Gasteiger partial charge on any atom is 0.359 e. The van der Waals surface area contributed by atoms with Crippen LogP contribution in [0.4, 0.5) is 0 Å². The average Bonchev–Trinajstić information content (AvgIpc) is 2.45. The number of H-pyrrole nitrogens is 1. The molecule has 1 N–H and O–H groups in total. The van der Waals surface area contributed by atoms with Gasteiger partial charge in [0, 0.05) is 6.42 Å². The largest absolute Gasteiger partial charge is 0.464 e. The van der Waals surface area contributed by atoms with Crippen LogP contribution in [-0.4, -0.2) is 23.0 Å². The minimum absolute atomic E-state index is 0.300. The second kappa shape index (κ2) is 3.71. The van der Waals surface area contributed by atoms with Crippen LogP contribution in [0.2, 0.25) is 0 Å². The van der Waals surface area contributed by atoms with Crippen LogP contribution in [0.15, 0.2) is 4.60 Å². The molecule has 1 aromatic rings. The van der Waals surface area contributed by atoms with Gasteiger partial charge in [-0.1, -0.05) is 6.92 Å². The molecule has 0 aliphatic rings. The highest BCUT2D eigenvalue weighted by molar-refractivity contribution is 9.10. The van der Waals surface area contributed by atoms with Crippen molar-refractivity contribution in [1.29, 1.82) is 0 Å².